The largest absolute Gasteiger partial charge is 0.342 e. The molecule has 0 fully saturated rings. The molecular formula is C13H16ClN3. The van der Waals surface area contributed by atoms with E-state index in [-0.39, 0.29) is 0 Å². The minimum atomic E-state index is 0.748. The van der Waals surface area contributed by atoms with Crippen LogP contribution in [0.2, 0.25) is 5.02 Å². The number of aryl methyl sites for hydroxylation is 1. The number of aromatic amines is 1. The van der Waals surface area contributed by atoms with E-state index in [1.807, 2.05) is 37.5 Å². The van der Waals surface area contributed by atoms with E-state index in [0.29, 0.717) is 0 Å². The highest BCUT2D eigenvalue weighted by atomic mass is 35.5. The molecule has 0 aliphatic carbocycles. The van der Waals surface area contributed by atoms with Gasteiger partial charge in [-0.3, -0.25) is 0 Å². The molecule has 2 aromatic rings. The van der Waals surface area contributed by atoms with E-state index in [1.54, 1.807) is 0 Å². The van der Waals surface area contributed by atoms with E-state index < -0.39 is 0 Å². The van der Waals surface area contributed by atoms with Gasteiger partial charge in [0.1, 0.15) is 5.82 Å². The molecule has 0 unspecified atom stereocenters. The van der Waals surface area contributed by atoms with Gasteiger partial charge >= 0.3 is 0 Å². The number of hydrogen-bond acceptors (Lipinski definition) is 2. The standard InChI is InChI=1S/C13H16ClN3/c1-15-8-4-7-13-16-9-12(17-13)10-5-2-3-6-11(10)14/h2-3,5-6,9,15H,4,7-8H2,1H3,(H,16,17). The summed E-state index contributed by atoms with van der Waals surface area (Å²) in [5.41, 5.74) is 1.98. The zero-order chi connectivity index (χ0) is 12.1. The number of rotatable bonds is 5. The third kappa shape index (κ3) is 3.08. The van der Waals surface area contributed by atoms with Crippen molar-refractivity contribution in [3.8, 4) is 11.3 Å². The fourth-order valence-electron chi connectivity index (χ4n) is 1.74. The first-order valence-corrected chi connectivity index (χ1v) is 6.12. The molecule has 17 heavy (non-hydrogen) atoms. The number of halogens is 1. The highest BCUT2D eigenvalue weighted by Crippen LogP contribution is 2.25. The van der Waals surface area contributed by atoms with Crippen molar-refractivity contribution < 1.29 is 0 Å². The minimum Gasteiger partial charge on any atom is -0.342 e. The summed E-state index contributed by atoms with van der Waals surface area (Å²) in [5.74, 6) is 1.01. The summed E-state index contributed by atoms with van der Waals surface area (Å²) in [6, 6.07) is 7.78. The number of nitrogens with one attached hydrogen (secondary N) is 2. The maximum absolute atomic E-state index is 6.14. The molecular weight excluding hydrogens is 234 g/mol. The topological polar surface area (TPSA) is 40.7 Å². The molecule has 3 nitrogen and oxygen atoms in total. The molecule has 90 valence electrons. The maximum Gasteiger partial charge on any atom is 0.106 e. The molecule has 1 aromatic heterocycles. The first-order valence-electron chi connectivity index (χ1n) is 5.74. The maximum atomic E-state index is 6.14. The predicted octanol–water partition coefficient (Wildman–Crippen LogP) is 2.88. The summed E-state index contributed by atoms with van der Waals surface area (Å²) in [6.07, 6.45) is 3.87. The lowest BCUT2D eigenvalue weighted by molar-refractivity contribution is 0.707. The quantitative estimate of drug-likeness (QED) is 0.800. The summed E-state index contributed by atoms with van der Waals surface area (Å²) in [6.45, 7) is 1.00. The first kappa shape index (κ1) is 12.1. The van der Waals surface area contributed by atoms with Gasteiger partial charge in [0, 0.05) is 17.0 Å². The second kappa shape index (κ2) is 5.84. The van der Waals surface area contributed by atoms with Crippen molar-refractivity contribution in [3.05, 3.63) is 41.3 Å². The van der Waals surface area contributed by atoms with Crippen LogP contribution in [0.1, 0.15) is 12.2 Å². The molecule has 0 aliphatic heterocycles. The van der Waals surface area contributed by atoms with Crippen LogP contribution in [0.3, 0.4) is 0 Å². The van der Waals surface area contributed by atoms with E-state index in [1.165, 1.54) is 0 Å². The fourth-order valence-corrected chi connectivity index (χ4v) is 1.98. The molecule has 2 N–H and O–H groups in total. The Bertz CT molecular complexity index is 479. The van der Waals surface area contributed by atoms with E-state index >= 15 is 0 Å². The summed E-state index contributed by atoms with van der Waals surface area (Å²) in [5, 5.41) is 3.87. The van der Waals surface area contributed by atoms with Crippen LogP contribution in [-0.4, -0.2) is 23.6 Å². The van der Waals surface area contributed by atoms with Crippen molar-refractivity contribution in [1.82, 2.24) is 15.3 Å². The fraction of sp³-hybridized carbons (Fsp3) is 0.308. The molecule has 1 aromatic carbocycles. The summed E-state index contributed by atoms with van der Waals surface area (Å²) in [4.78, 5) is 7.67. The van der Waals surface area contributed by atoms with Gasteiger partial charge in [-0.1, -0.05) is 29.8 Å². The number of imidazole rings is 1. The smallest absolute Gasteiger partial charge is 0.106 e. The Kier molecular flexibility index (Phi) is 4.18. The molecule has 0 spiro atoms. The van der Waals surface area contributed by atoms with Gasteiger partial charge in [-0.25, -0.2) is 4.98 Å². The molecule has 0 amide bonds. The highest BCUT2D eigenvalue weighted by Gasteiger charge is 2.06. The third-order valence-corrected chi connectivity index (χ3v) is 2.96. The lowest BCUT2D eigenvalue weighted by Gasteiger charge is -2.00. The zero-order valence-electron chi connectivity index (χ0n) is 9.83. The Morgan fingerprint density at radius 2 is 2.18 bits per heavy atom. The molecule has 1 heterocycles. The summed E-state index contributed by atoms with van der Waals surface area (Å²) >= 11 is 6.14. The number of hydrogen-bond donors (Lipinski definition) is 2. The van der Waals surface area contributed by atoms with Crippen molar-refractivity contribution >= 4 is 11.6 Å². The molecule has 4 heteroatoms. The van der Waals surface area contributed by atoms with E-state index in [9.17, 15) is 0 Å². The molecule has 0 bridgehead atoms. The Morgan fingerprint density at radius 3 is 2.94 bits per heavy atom. The summed E-state index contributed by atoms with van der Waals surface area (Å²) in [7, 11) is 1.96. The predicted molar refractivity (Wildman–Crippen MR) is 71.3 cm³/mol. The number of nitrogens with zero attached hydrogens (tertiary/aromatic N) is 1. The first-order chi connectivity index (χ1) is 8.31. The van der Waals surface area contributed by atoms with E-state index in [4.69, 9.17) is 11.6 Å². The lowest BCUT2D eigenvalue weighted by Crippen LogP contribution is -2.08. The van der Waals surface area contributed by atoms with Crippen LogP contribution in [0.5, 0.6) is 0 Å². The minimum absolute atomic E-state index is 0.748. The van der Waals surface area contributed by atoms with Crippen LogP contribution < -0.4 is 5.32 Å². The second-order valence-electron chi connectivity index (χ2n) is 3.93. The van der Waals surface area contributed by atoms with Gasteiger partial charge < -0.3 is 10.3 Å². The number of aromatic nitrogens is 2. The number of benzene rings is 1. The molecule has 0 atom stereocenters. The van der Waals surface area contributed by atoms with Gasteiger partial charge in [0.05, 0.1) is 11.9 Å². The van der Waals surface area contributed by atoms with Crippen molar-refractivity contribution in [2.45, 2.75) is 12.8 Å². The third-order valence-electron chi connectivity index (χ3n) is 2.63. The van der Waals surface area contributed by atoms with Crippen LogP contribution in [-0.2, 0) is 6.42 Å². The van der Waals surface area contributed by atoms with Crippen LogP contribution >= 0.6 is 11.6 Å². The monoisotopic (exact) mass is 249 g/mol. The molecule has 0 aliphatic rings. The van der Waals surface area contributed by atoms with Gasteiger partial charge in [0.25, 0.3) is 0 Å². The summed E-state index contributed by atoms with van der Waals surface area (Å²) < 4.78 is 0. The number of H-pyrrole nitrogens is 1. The highest BCUT2D eigenvalue weighted by molar-refractivity contribution is 6.33. The second-order valence-corrected chi connectivity index (χ2v) is 4.34. The molecule has 0 saturated carbocycles. The van der Waals surface area contributed by atoms with Crippen LogP contribution in [0.25, 0.3) is 11.3 Å². The van der Waals surface area contributed by atoms with Crippen molar-refractivity contribution in [1.29, 1.82) is 0 Å². The van der Waals surface area contributed by atoms with Crippen LogP contribution in [0, 0.1) is 0 Å². The average Bonchev–Trinajstić information content (AvgIpc) is 2.79. The van der Waals surface area contributed by atoms with Gasteiger partial charge in [-0.05, 0) is 26.1 Å². The Balaban J connectivity index is 2.10. The van der Waals surface area contributed by atoms with Gasteiger partial charge in [0.2, 0.25) is 0 Å². The van der Waals surface area contributed by atoms with Gasteiger partial charge in [0.15, 0.2) is 0 Å². The van der Waals surface area contributed by atoms with Crippen molar-refractivity contribution in [3.63, 3.8) is 0 Å². The van der Waals surface area contributed by atoms with Gasteiger partial charge in [-0.2, -0.15) is 0 Å². The van der Waals surface area contributed by atoms with Crippen molar-refractivity contribution in [2.24, 2.45) is 0 Å². The van der Waals surface area contributed by atoms with Gasteiger partial charge in [-0.15, -0.1) is 0 Å². The van der Waals surface area contributed by atoms with Crippen LogP contribution in [0.15, 0.2) is 30.5 Å². The molecule has 0 saturated heterocycles. The SMILES string of the molecule is CNCCCc1ncc(-c2ccccc2Cl)[nH]1. The molecule has 0 radical (unpaired) electrons. The van der Waals surface area contributed by atoms with E-state index in [0.717, 1.165) is 41.5 Å². The molecule has 2 rings (SSSR count). The van der Waals surface area contributed by atoms with E-state index in [2.05, 4.69) is 15.3 Å². The average molecular weight is 250 g/mol. The Morgan fingerprint density at radius 1 is 1.35 bits per heavy atom. The lowest BCUT2D eigenvalue weighted by atomic mass is 10.2. The Hall–Kier alpha value is -1.32. The van der Waals surface area contributed by atoms with Crippen molar-refractivity contribution in [2.75, 3.05) is 13.6 Å². The normalized spacial score (nSPS) is 10.7. The zero-order valence-corrected chi connectivity index (χ0v) is 10.6. The van der Waals surface area contributed by atoms with Crippen LogP contribution in [0.4, 0.5) is 0 Å². The Labute approximate surface area is 106 Å².